The van der Waals surface area contributed by atoms with Gasteiger partial charge in [0.05, 0.1) is 6.04 Å². The zero-order chi connectivity index (χ0) is 15.8. The highest BCUT2D eigenvalue weighted by Crippen LogP contribution is 2.06. The molecular weight excluding hydrogens is 274 g/mol. The lowest BCUT2D eigenvalue weighted by atomic mass is 10.0. The van der Waals surface area contributed by atoms with Crippen molar-refractivity contribution in [2.45, 2.75) is 18.9 Å². The number of nitrogens with one attached hydrogen (secondary N) is 1. The quantitative estimate of drug-likeness (QED) is 0.849. The Labute approximate surface area is 132 Å². The topological polar surface area (TPSA) is 45.2 Å². The van der Waals surface area contributed by atoms with E-state index in [1.54, 1.807) is 11.1 Å². The number of nitrogens with zero attached hydrogens (tertiary/aromatic N) is 2. The first-order chi connectivity index (χ1) is 10.7. The van der Waals surface area contributed by atoms with Crippen molar-refractivity contribution in [2.24, 2.45) is 0 Å². The molecule has 4 heteroatoms. The van der Waals surface area contributed by atoms with Crippen molar-refractivity contribution in [1.29, 1.82) is 0 Å². The predicted molar refractivity (Wildman–Crippen MR) is 88.6 cm³/mol. The Balaban J connectivity index is 1.90. The summed E-state index contributed by atoms with van der Waals surface area (Å²) in [6, 6.07) is 15.7. The number of aromatic nitrogens is 1. The highest BCUT2D eigenvalue weighted by atomic mass is 16.2. The Morgan fingerprint density at radius 3 is 2.55 bits per heavy atom. The normalized spacial score (nSPS) is 11.9. The lowest BCUT2D eigenvalue weighted by Gasteiger charge is -2.23. The van der Waals surface area contributed by atoms with E-state index in [2.05, 4.69) is 10.3 Å². The van der Waals surface area contributed by atoms with Gasteiger partial charge in [0.25, 0.3) is 0 Å². The SMILES string of the molecule is CNC(Cc1ccccc1)C(=O)N(C)CCc1ccccn1. The highest BCUT2D eigenvalue weighted by Gasteiger charge is 2.20. The van der Waals surface area contributed by atoms with Gasteiger partial charge in [-0.3, -0.25) is 9.78 Å². The van der Waals surface area contributed by atoms with Crippen LogP contribution in [0, 0.1) is 0 Å². The monoisotopic (exact) mass is 297 g/mol. The number of benzene rings is 1. The zero-order valence-corrected chi connectivity index (χ0v) is 13.2. The highest BCUT2D eigenvalue weighted by molar-refractivity contribution is 5.82. The number of rotatable bonds is 7. The summed E-state index contributed by atoms with van der Waals surface area (Å²) in [6.45, 7) is 0.669. The van der Waals surface area contributed by atoms with Gasteiger partial charge in [-0.15, -0.1) is 0 Å². The van der Waals surface area contributed by atoms with Gasteiger partial charge in [-0.2, -0.15) is 0 Å². The van der Waals surface area contributed by atoms with E-state index in [1.807, 2.05) is 62.6 Å². The summed E-state index contributed by atoms with van der Waals surface area (Å²) in [5, 5.41) is 3.12. The summed E-state index contributed by atoms with van der Waals surface area (Å²) in [6.07, 6.45) is 3.25. The van der Waals surface area contributed by atoms with Crippen molar-refractivity contribution in [3.8, 4) is 0 Å². The first-order valence-electron chi connectivity index (χ1n) is 7.57. The largest absolute Gasteiger partial charge is 0.344 e. The molecule has 0 spiro atoms. The molecule has 2 aromatic rings. The van der Waals surface area contributed by atoms with Gasteiger partial charge in [-0.1, -0.05) is 36.4 Å². The Hall–Kier alpha value is -2.20. The Kier molecular flexibility index (Phi) is 6.10. The van der Waals surface area contributed by atoms with E-state index in [0.717, 1.165) is 17.7 Å². The van der Waals surface area contributed by atoms with Crippen LogP contribution in [0.1, 0.15) is 11.3 Å². The van der Waals surface area contributed by atoms with E-state index < -0.39 is 0 Å². The fraction of sp³-hybridized carbons (Fsp3) is 0.333. The summed E-state index contributed by atoms with van der Waals surface area (Å²) in [5.74, 6) is 0.113. The van der Waals surface area contributed by atoms with E-state index in [4.69, 9.17) is 0 Å². The van der Waals surface area contributed by atoms with Crippen LogP contribution in [0.25, 0.3) is 0 Å². The van der Waals surface area contributed by atoms with Gasteiger partial charge >= 0.3 is 0 Å². The number of likely N-dealkylation sites (N-methyl/N-ethyl adjacent to an activating group) is 2. The standard InChI is InChI=1S/C18H23N3O/c1-19-17(14-15-8-4-3-5-9-15)18(22)21(2)13-11-16-10-6-7-12-20-16/h3-10,12,17,19H,11,13-14H2,1-2H3. The number of carbonyl (C=O) groups excluding carboxylic acids is 1. The molecule has 0 saturated carbocycles. The van der Waals surface area contributed by atoms with Crippen LogP contribution in [0.5, 0.6) is 0 Å². The summed E-state index contributed by atoms with van der Waals surface area (Å²) in [4.78, 5) is 18.6. The molecule has 0 radical (unpaired) electrons. The lowest BCUT2D eigenvalue weighted by molar-refractivity contribution is -0.132. The fourth-order valence-corrected chi connectivity index (χ4v) is 2.37. The minimum absolute atomic E-state index is 0.113. The zero-order valence-electron chi connectivity index (χ0n) is 13.2. The van der Waals surface area contributed by atoms with Crippen molar-refractivity contribution in [2.75, 3.05) is 20.6 Å². The molecule has 0 bridgehead atoms. The molecule has 1 atom stereocenters. The number of pyridine rings is 1. The van der Waals surface area contributed by atoms with Crippen molar-refractivity contribution < 1.29 is 4.79 Å². The van der Waals surface area contributed by atoms with E-state index in [1.165, 1.54) is 0 Å². The maximum atomic E-state index is 12.5. The average molecular weight is 297 g/mol. The molecule has 1 aromatic heterocycles. The van der Waals surface area contributed by atoms with Gasteiger partial charge in [0.15, 0.2) is 0 Å². The van der Waals surface area contributed by atoms with Crippen molar-refractivity contribution >= 4 is 5.91 Å². The smallest absolute Gasteiger partial charge is 0.239 e. The van der Waals surface area contributed by atoms with Gasteiger partial charge < -0.3 is 10.2 Å². The van der Waals surface area contributed by atoms with E-state index >= 15 is 0 Å². The molecular formula is C18H23N3O. The van der Waals surface area contributed by atoms with Crippen LogP contribution < -0.4 is 5.32 Å². The average Bonchev–Trinajstić information content (AvgIpc) is 2.58. The predicted octanol–water partition coefficient (Wildman–Crippen LogP) is 1.91. The maximum Gasteiger partial charge on any atom is 0.239 e. The minimum Gasteiger partial charge on any atom is -0.344 e. The van der Waals surface area contributed by atoms with Crippen LogP contribution in [0.2, 0.25) is 0 Å². The second-order valence-electron chi connectivity index (χ2n) is 5.36. The van der Waals surface area contributed by atoms with E-state index in [9.17, 15) is 4.79 Å². The van der Waals surface area contributed by atoms with Gasteiger partial charge in [-0.25, -0.2) is 0 Å². The molecule has 1 aromatic carbocycles. The van der Waals surface area contributed by atoms with Crippen LogP contribution in [-0.2, 0) is 17.6 Å². The van der Waals surface area contributed by atoms with Crippen LogP contribution in [-0.4, -0.2) is 42.5 Å². The molecule has 22 heavy (non-hydrogen) atoms. The van der Waals surface area contributed by atoms with Crippen LogP contribution in [0.3, 0.4) is 0 Å². The molecule has 0 fully saturated rings. The number of hydrogen-bond donors (Lipinski definition) is 1. The Morgan fingerprint density at radius 1 is 1.18 bits per heavy atom. The summed E-state index contributed by atoms with van der Waals surface area (Å²) >= 11 is 0. The Morgan fingerprint density at radius 2 is 1.91 bits per heavy atom. The van der Waals surface area contributed by atoms with Crippen molar-refractivity contribution in [1.82, 2.24) is 15.2 Å². The molecule has 116 valence electrons. The van der Waals surface area contributed by atoms with Crippen molar-refractivity contribution in [3.05, 3.63) is 66.0 Å². The van der Waals surface area contributed by atoms with Crippen molar-refractivity contribution in [3.63, 3.8) is 0 Å². The van der Waals surface area contributed by atoms with Crippen LogP contribution in [0.15, 0.2) is 54.7 Å². The summed E-state index contributed by atoms with van der Waals surface area (Å²) < 4.78 is 0. The van der Waals surface area contributed by atoms with Crippen LogP contribution in [0.4, 0.5) is 0 Å². The first-order valence-corrected chi connectivity index (χ1v) is 7.57. The third-order valence-corrected chi connectivity index (χ3v) is 3.73. The summed E-state index contributed by atoms with van der Waals surface area (Å²) in [5.41, 5.74) is 2.17. The molecule has 1 amide bonds. The molecule has 2 rings (SSSR count). The Bertz CT molecular complexity index is 571. The third kappa shape index (κ3) is 4.67. The molecule has 0 aliphatic heterocycles. The second-order valence-corrected chi connectivity index (χ2v) is 5.36. The number of hydrogen-bond acceptors (Lipinski definition) is 3. The first kappa shape index (κ1) is 16.2. The van der Waals surface area contributed by atoms with Crippen LogP contribution >= 0.6 is 0 Å². The molecule has 1 unspecified atom stereocenters. The number of carbonyl (C=O) groups is 1. The molecule has 0 aliphatic carbocycles. The molecule has 1 heterocycles. The van der Waals surface area contributed by atoms with E-state index in [0.29, 0.717) is 13.0 Å². The maximum absolute atomic E-state index is 12.5. The summed E-state index contributed by atoms with van der Waals surface area (Å²) in [7, 11) is 3.68. The number of amides is 1. The molecule has 0 saturated heterocycles. The van der Waals surface area contributed by atoms with Gasteiger partial charge in [0.2, 0.25) is 5.91 Å². The minimum atomic E-state index is -0.198. The molecule has 0 aliphatic rings. The van der Waals surface area contributed by atoms with Gasteiger partial charge in [0, 0.05) is 31.9 Å². The second kappa shape index (κ2) is 8.29. The van der Waals surface area contributed by atoms with Gasteiger partial charge in [-0.05, 0) is 31.2 Å². The molecule has 4 nitrogen and oxygen atoms in total. The third-order valence-electron chi connectivity index (χ3n) is 3.73. The van der Waals surface area contributed by atoms with E-state index in [-0.39, 0.29) is 11.9 Å². The van der Waals surface area contributed by atoms with Gasteiger partial charge in [0.1, 0.15) is 0 Å². The molecule has 1 N–H and O–H groups in total. The fourth-order valence-electron chi connectivity index (χ4n) is 2.37. The lowest BCUT2D eigenvalue weighted by Crippen LogP contribution is -2.45.